The molecule has 13 nitrogen and oxygen atoms in total. The fraction of sp³-hybridized carbons (Fsp3) is 0.545. The first-order valence-electron chi connectivity index (χ1n) is 15.5. The Hall–Kier alpha value is -3.43. The lowest BCUT2D eigenvalue weighted by Crippen LogP contribution is -2.56. The fourth-order valence-corrected chi connectivity index (χ4v) is 7.19. The smallest absolute Gasteiger partial charge is 0.202 e. The van der Waals surface area contributed by atoms with Crippen molar-refractivity contribution in [3.63, 3.8) is 0 Å². The number of fused-ring (bicyclic) bond motifs is 3. The van der Waals surface area contributed by atoms with Gasteiger partial charge >= 0.3 is 0 Å². The highest BCUT2D eigenvalue weighted by molar-refractivity contribution is 6.31. The molecule has 2 aromatic carbocycles. The predicted octanol–water partition coefficient (Wildman–Crippen LogP) is 1.81. The molecule has 4 aliphatic rings. The Balaban J connectivity index is 1.39. The summed E-state index contributed by atoms with van der Waals surface area (Å²) < 4.78 is 29.9. The number of phenolic OH excluding ortho intramolecular Hbond substituents is 2. The van der Waals surface area contributed by atoms with Gasteiger partial charge in [0.15, 0.2) is 24.1 Å². The van der Waals surface area contributed by atoms with Crippen LogP contribution in [0, 0.1) is 0 Å². The number of likely N-dealkylation sites (N-methyl/N-ethyl adjacent to an activating group) is 1. The van der Waals surface area contributed by atoms with Crippen LogP contribution in [0.1, 0.15) is 88.1 Å². The molecule has 248 valence electrons. The molecule has 0 unspecified atom stereocenters. The number of ether oxygens (including phenoxy) is 5. The van der Waals surface area contributed by atoms with E-state index in [-0.39, 0.29) is 52.9 Å². The average Bonchev–Trinajstić information content (AvgIpc) is 3.05. The number of Topliss-reactive ketones (excluding diaryl/α,β-unsaturated/α-hetero) is 1. The molecular formula is C33H39NO12. The van der Waals surface area contributed by atoms with Gasteiger partial charge in [0.1, 0.15) is 35.6 Å². The zero-order valence-corrected chi connectivity index (χ0v) is 25.9. The number of methoxy groups -OCH3 is 1. The summed E-state index contributed by atoms with van der Waals surface area (Å²) in [4.78, 5) is 40.4. The number of aliphatic hydroxyl groups is 2. The number of aromatic hydroxyl groups is 2. The Labute approximate surface area is 265 Å². The molecule has 7 atom stereocenters. The molecule has 46 heavy (non-hydrogen) atoms. The number of carbonyl (C=O) groups is 3. The maximum absolute atomic E-state index is 13.9. The Morgan fingerprint density at radius 3 is 2.50 bits per heavy atom. The highest BCUT2D eigenvalue weighted by Crippen LogP contribution is 2.52. The molecule has 0 bridgehead atoms. The van der Waals surface area contributed by atoms with Crippen molar-refractivity contribution >= 4 is 17.3 Å². The van der Waals surface area contributed by atoms with Crippen LogP contribution in [0.5, 0.6) is 17.2 Å². The maximum Gasteiger partial charge on any atom is 0.202 e. The van der Waals surface area contributed by atoms with Crippen molar-refractivity contribution in [3.8, 4) is 17.2 Å². The van der Waals surface area contributed by atoms with Gasteiger partial charge in [-0.1, -0.05) is 12.1 Å². The molecule has 6 rings (SSSR count). The van der Waals surface area contributed by atoms with Crippen LogP contribution in [0.25, 0.3) is 0 Å². The van der Waals surface area contributed by atoms with Gasteiger partial charge in [0.05, 0.1) is 36.0 Å². The van der Waals surface area contributed by atoms with E-state index >= 15 is 0 Å². The number of carbonyl (C=O) groups excluding carboxylic acids is 3. The van der Waals surface area contributed by atoms with Crippen LogP contribution in [-0.2, 0) is 30.2 Å². The minimum atomic E-state index is -2.22. The molecule has 0 saturated carbocycles. The Kier molecular flexibility index (Phi) is 8.93. The number of ketones is 3. The molecule has 0 spiro atoms. The van der Waals surface area contributed by atoms with E-state index in [0.29, 0.717) is 6.61 Å². The minimum absolute atomic E-state index is 0.0325. The monoisotopic (exact) mass is 641 g/mol. The molecule has 2 heterocycles. The standard InChI is InChI=1S/C33H39NO12/c1-15-32(46-22-9-4-5-10-43-22)18(34-2)11-23(44-15)45-20-13-33(41,21(36)14-35)12-17-25(20)31(40)27-26(29(17)38)28(37)16-7-6-8-19(42-3)24(16)30(27)39/h6-8,15,18,20,22-23,32,34-35,38,40-41H,4-5,9-14H2,1-3H3/t15-,18-,20-,22+,23-,32+,33-/m0/s1. The summed E-state index contributed by atoms with van der Waals surface area (Å²) in [5, 5.41) is 47.7. The topological polar surface area (TPSA) is 190 Å². The number of nitrogens with one attached hydrogen (secondary N) is 1. The number of hydrogen-bond acceptors (Lipinski definition) is 13. The third-order valence-corrected chi connectivity index (χ3v) is 9.54. The van der Waals surface area contributed by atoms with Gasteiger partial charge in [0.25, 0.3) is 0 Å². The molecule has 2 aliphatic carbocycles. The van der Waals surface area contributed by atoms with Crippen LogP contribution in [0.2, 0.25) is 0 Å². The maximum atomic E-state index is 13.9. The van der Waals surface area contributed by atoms with E-state index in [2.05, 4.69) is 5.32 Å². The van der Waals surface area contributed by atoms with Crippen molar-refractivity contribution in [3.05, 3.63) is 51.6 Å². The lowest BCUT2D eigenvalue weighted by molar-refractivity contribution is -0.283. The number of phenols is 2. The van der Waals surface area contributed by atoms with Gasteiger partial charge in [-0.3, -0.25) is 14.4 Å². The van der Waals surface area contributed by atoms with Gasteiger partial charge in [-0.25, -0.2) is 0 Å². The SMILES string of the molecule is CN[C@H]1C[C@H](O[C@H]2C[C@](O)(C(=O)CO)Cc3c(O)c4c(c(O)c32)C(=O)c2c(OC)cccc2C4=O)O[C@@H](C)[C@H]1O[C@@H]1CCCCO1. The summed E-state index contributed by atoms with van der Waals surface area (Å²) in [6.45, 7) is 1.44. The molecule has 2 aliphatic heterocycles. The first-order valence-corrected chi connectivity index (χ1v) is 15.5. The second kappa shape index (κ2) is 12.6. The Morgan fingerprint density at radius 1 is 1.07 bits per heavy atom. The van der Waals surface area contributed by atoms with Crippen molar-refractivity contribution in [1.29, 1.82) is 0 Å². The molecule has 13 heteroatoms. The minimum Gasteiger partial charge on any atom is -0.507 e. The highest BCUT2D eigenvalue weighted by atomic mass is 16.7. The third kappa shape index (κ3) is 5.39. The van der Waals surface area contributed by atoms with E-state index in [1.54, 1.807) is 7.05 Å². The highest BCUT2D eigenvalue weighted by Gasteiger charge is 2.50. The second-order valence-electron chi connectivity index (χ2n) is 12.3. The number of hydrogen-bond donors (Lipinski definition) is 5. The zero-order chi connectivity index (χ0) is 32.9. The molecule has 2 fully saturated rings. The van der Waals surface area contributed by atoms with E-state index in [1.807, 2.05) is 6.92 Å². The van der Waals surface area contributed by atoms with Crippen molar-refractivity contribution in [2.24, 2.45) is 0 Å². The van der Waals surface area contributed by atoms with E-state index in [9.17, 15) is 34.8 Å². The van der Waals surface area contributed by atoms with Crippen LogP contribution in [0.3, 0.4) is 0 Å². The second-order valence-corrected chi connectivity index (χ2v) is 12.3. The summed E-state index contributed by atoms with van der Waals surface area (Å²) in [6.07, 6.45) is -1.46. The summed E-state index contributed by atoms with van der Waals surface area (Å²) in [7, 11) is 3.12. The normalized spacial score (nSPS) is 30.7. The van der Waals surface area contributed by atoms with Crippen LogP contribution in [0.15, 0.2) is 18.2 Å². The number of aliphatic hydroxyl groups excluding tert-OH is 1. The van der Waals surface area contributed by atoms with Crippen molar-refractivity contribution in [2.75, 3.05) is 27.4 Å². The fourth-order valence-electron chi connectivity index (χ4n) is 7.19. The predicted molar refractivity (Wildman–Crippen MR) is 159 cm³/mol. The molecule has 2 saturated heterocycles. The number of rotatable bonds is 8. The van der Waals surface area contributed by atoms with Gasteiger partial charge in [-0.2, -0.15) is 0 Å². The van der Waals surface area contributed by atoms with Crippen molar-refractivity contribution in [2.45, 2.75) is 88.0 Å². The van der Waals surface area contributed by atoms with Gasteiger partial charge in [-0.05, 0) is 39.3 Å². The van der Waals surface area contributed by atoms with Crippen LogP contribution in [-0.4, -0.2) is 102 Å². The molecule has 0 radical (unpaired) electrons. The quantitative estimate of drug-likeness (QED) is 0.224. The Bertz CT molecular complexity index is 1550. The average molecular weight is 642 g/mol. The molecule has 2 aromatic rings. The van der Waals surface area contributed by atoms with Crippen LogP contribution < -0.4 is 10.1 Å². The Morgan fingerprint density at radius 2 is 1.83 bits per heavy atom. The van der Waals surface area contributed by atoms with Crippen molar-refractivity contribution in [1.82, 2.24) is 5.32 Å². The largest absolute Gasteiger partial charge is 0.507 e. The van der Waals surface area contributed by atoms with Gasteiger partial charge in [-0.15, -0.1) is 0 Å². The van der Waals surface area contributed by atoms with Crippen LogP contribution >= 0.6 is 0 Å². The van der Waals surface area contributed by atoms with Gasteiger partial charge < -0.3 is 49.4 Å². The summed E-state index contributed by atoms with van der Waals surface area (Å²) in [5.74, 6) is -3.59. The van der Waals surface area contributed by atoms with Crippen LogP contribution in [0.4, 0.5) is 0 Å². The van der Waals surface area contributed by atoms with Gasteiger partial charge in [0, 0.05) is 48.6 Å². The zero-order valence-electron chi connectivity index (χ0n) is 25.9. The van der Waals surface area contributed by atoms with E-state index < -0.39 is 83.5 Å². The molecule has 5 N–H and O–H groups in total. The van der Waals surface area contributed by atoms with Crippen molar-refractivity contribution < 1.29 is 58.5 Å². The molecule has 0 aromatic heterocycles. The third-order valence-electron chi connectivity index (χ3n) is 9.54. The van der Waals surface area contributed by atoms with E-state index in [1.165, 1.54) is 25.3 Å². The number of benzene rings is 2. The summed E-state index contributed by atoms with van der Waals surface area (Å²) >= 11 is 0. The first-order chi connectivity index (χ1) is 22.0. The summed E-state index contributed by atoms with van der Waals surface area (Å²) in [6, 6.07) is 4.18. The van der Waals surface area contributed by atoms with E-state index in [0.717, 1.165) is 19.3 Å². The lowest BCUT2D eigenvalue weighted by atomic mass is 9.72. The van der Waals surface area contributed by atoms with E-state index in [4.69, 9.17) is 23.7 Å². The lowest BCUT2D eigenvalue weighted by Gasteiger charge is -2.44. The first kappa shape index (κ1) is 32.5. The molecule has 0 amide bonds. The molecular weight excluding hydrogens is 602 g/mol. The van der Waals surface area contributed by atoms with Gasteiger partial charge in [0.2, 0.25) is 5.78 Å². The summed E-state index contributed by atoms with van der Waals surface area (Å²) in [5.41, 5.74) is -3.41.